The summed E-state index contributed by atoms with van der Waals surface area (Å²) in [6, 6.07) is 0. The molecular weight excluding hydrogens is 176 g/mol. The van der Waals surface area contributed by atoms with E-state index in [2.05, 4.69) is 6.92 Å². The molecule has 0 aliphatic heterocycles. The van der Waals surface area contributed by atoms with E-state index in [1.807, 2.05) is 20.1 Å². The Kier molecular flexibility index (Phi) is 6.43. The summed E-state index contributed by atoms with van der Waals surface area (Å²) < 4.78 is 0. The summed E-state index contributed by atoms with van der Waals surface area (Å²) in [6.45, 7) is 5.86. The van der Waals surface area contributed by atoms with Gasteiger partial charge in [-0.3, -0.25) is 9.59 Å². The summed E-state index contributed by atoms with van der Waals surface area (Å²) >= 11 is 0. The van der Waals surface area contributed by atoms with Crippen LogP contribution in [-0.4, -0.2) is 12.1 Å². The predicted molar refractivity (Wildman–Crippen MR) is 57.9 cm³/mol. The zero-order valence-corrected chi connectivity index (χ0v) is 9.56. The summed E-state index contributed by atoms with van der Waals surface area (Å²) in [5.74, 6) is 0.0750. The molecule has 2 heteroatoms. The first-order valence-corrected chi connectivity index (χ1v) is 5.59. The number of unbranched alkanes of at least 4 members (excludes halogenated alkanes) is 2. The van der Waals surface area contributed by atoms with Crippen LogP contribution in [0.1, 0.15) is 59.3 Å². The second-order valence-corrected chi connectivity index (χ2v) is 3.77. The van der Waals surface area contributed by atoms with Crippen molar-refractivity contribution >= 4 is 12.1 Å². The SMILES string of the molecule is CCCCCC(=O)C([C]=O)(CC)CC. The summed E-state index contributed by atoms with van der Waals surface area (Å²) in [5, 5.41) is 0. The molecule has 0 heterocycles. The lowest BCUT2D eigenvalue weighted by atomic mass is 9.78. The molecule has 0 amide bonds. The second kappa shape index (κ2) is 6.74. The average Bonchev–Trinajstić information content (AvgIpc) is 2.22. The topological polar surface area (TPSA) is 34.1 Å². The Bertz CT molecular complexity index is 181. The van der Waals surface area contributed by atoms with Gasteiger partial charge >= 0.3 is 0 Å². The van der Waals surface area contributed by atoms with E-state index in [1.165, 1.54) is 0 Å². The maximum absolute atomic E-state index is 11.8. The third kappa shape index (κ3) is 3.24. The molecule has 0 aliphatic rings. The molecule has 0 aromatic rings. The molecule has 0 unspecified atom stereocenters. The van der Waals surface area contributed by atoms with Crippen molar-refractivity contribution < 1.29 is 9.59 Å². The van der Waals surface area contributed by atoms with Crippen LogP contribution in [-0.2, 0) is 9.59 Å². The minimum Gasteiger partial charge on any atom is -0.299 e. The highest BCUT2D eigenvalue weighted by Crippen LogP contribution is 2.27. The maximum atomic E-state index is 11.8. The standard InChI is InChI=1S/C12H21O2/c1-4-7-8-9-11(14)12(5-2,6-3)10-13/h4-9H2,1-3H3. The second-order valence-electron chi connectivity index (χ2n) is 3.77. The van der Waals surface area contributed by atoms with Crippen molar-refractivity contribution in [2.45, 2.75) is 59.3 Å². The van der Waals surface area contributed by atoms with E-state index in [1.54, 1.807) is 0 Å². The molecule has 81 valence electrons. The number of rotatable bonds is 8. The molecule has 0 fully saturated rings. The highest BCUT2D eigenvalue weighted by molar-refractivity contribution is 5.98. The van der Waals surface area contributed by atoms with Crippen LogP contribution in [0.25, 0.3) is 0 Å². The van der Waals surface area contributed by atoms with Crippen molar-refractivity contribution in [1.29, 1.82) is 0 Å². The molecule has 0 aliphatic carbocycles. The van der Waals surface area contributed by atoms with Gasteiger partial charge < -0.3 is 0 Å². The van der Waals surface area contributed by atoms with E-state index in [0.29, 0.717) is 19.3 Å². The fourth-order valence-electron chi connectivity index (χ4n) is 1.62. The molecule has 0 aromatic carbocycles. The number of ketones is 1. The lowest BCUT2D eigenvalue weighted by Crippen LogP contribution is -2.31. The number of Topliss-reactive ketones (excluding diaryl/α,β-unsaturated/α-hetero) is 1. The minimum absolute atomic E-state index is 0.0750. The fourth-order valence-corrected chi connectivity index (χ4v) is 1.62. The van der Waals surface area contributed by atoms with Gasteiger partial charge in [-0.05, 0) is 19.3 Å². The van der Waals surface area contributed by atoms with E-state index in [-0.39, 0.29) is 5.78 Å². The van der Waals surface area contributed by atoms with Gasteiger partial charge in [0.25, 0.3) is 0 Å². The van der Waals surface area contributed by atoms with Crippen molar-refractivity contribution in [2.24, 2.45) is 5.41 Å². The zero-order chi connectivity index (χ0) is 11.0. The number of carbonyl (C=O) groups is 1. The molecule has 2 nitrogen and oxygen atoms in total. The van der Waals surface area contributed by atoms with Crippen LogP contribution < -0.4 is 0 Å². The number of hydrogen-bond donors (Lipinski definition) is 0. The fraction of sp³-hybridized carbons (Fsp3) is 0.833. The maximum Gasteiger partial charge on any atom is 0.212 e. The zero-order valence-electron chi connectivity index (χ0n) is 9.56. The Morgan fingerprint density at radius 1 is 1.14 bits per heavy atom. The Morgan fingerprint density at radius 3 is 2.07 bits per heavy atom. The Hall–Kier alpha value is -0.660. The van der Waals surface area contributed by atoms with Gasteiger partial charge in [0.2, 0.25) is 6.29 Å². The quantitative estimate of drug-likeness (QED) is 0.442. The van der Waals surface area contributed by atoms with Crippen LogP contribution in [0.2, 0.25) is 0 Å². The van der Waals surface area contributed by atoms with Crippen molar-refractivity contribution in [1.82, 2.24) is 0 Å². The smallest absolute Gasteiger partial charge is 0.212 e. The summed E-state index contributed by atoms with van der Waals surface area (Å²) in [7, 11) is 0. The van der Waals surface area contributed by atoms with Crippen molar-refractivity contribution in [2.75, 3.05) is 0 Å². The summed E-state index contributed by atoms with van der Waals surface area (Å²) in [5.41, 5.74) is -0.812. The van der Waals surface area contributed by atoms with Gasteiger partial charge in [-0.1, -0.05) is 33.6 Å². The molecule has 0 N–H and O–H groups in total. The molecule has 0 saturated carbocycles. The normalized spacial score (nSPS) is 11.4. The van der Waals surface area contributed by atoms with E-state index in [9.17, 15) is 9.59 Å². The highest BCUT2D eigenvalue weighted by Gasteiger charge is 2.34. The first-order chi connectivity index (χ1) is 6.66. The molecule has 0 bridgehead atoms. The van der Waals surface area contributed by atoms with Crippen molar-refractivity contribution in [3.8, 4) is 0 Å². The Morgan fingerprint density at radius 2 is 1.71 bits per heavy atom. The molecule has 0 rings (SSSR count). The first-order valence-electron chi connectivity index (χ1n) is 5.59. The van der Waals surface area contributed by atoms with Crippen LogP contribution >= 0.6 is 0 Å². The number of carbonyl (C=O) groups excluding carboxylic acids is 2. The largest absolute Gasteiger partial charge is 0.299 e. The van der Waals surface area contributed by atoms with E-state index >= 15 is 0 Å². The van der Waals surface area contributed by atoms with E-state index in [0.717, 1.165) is 19.3 Å². The van der Waals surface area contributed by atoms with Crippen molar-refractivity contribution in [3.05, 3.63) is 0 Å². The summed E-state index contributed by atoms with van der Waals surface area (Å²) in [6.07, 6.45) is 6.70. The van der Waals surface area contributed by atoms with Gasteiger partial charge in [-0.25, -0.2) is 0 Å². The molecule has 0 aromatic heterocycles. The van der Waals surface area contributed by atoms with Gasteiger partial charge in [0.15, 0.2) is 0 Å². The van der Waals surface area contributed by atoms with E-state index in [4.69, 9.17) is 0 Å². The lowest BCUT2D eigenvalue weighted by molar-refractivity contribution is -0.125. The Balaban J connectivity index is 4.22. The lowest BCUT2D eigenvalue weighted by Gasteiger charge is -2.21. The molecule has 0 saturated heterocycles. The minimum atomic E-state index is -0.812. The summed E-state index contributed by atoms with van der Waals surface area (Å²) in [4.78, 5) is 22.6. The van der Waals surface area contributed by atoms with Crippen LogP contribution in [0.15, 0.2) is 0 Å². The van der Waals surface area contributed by atoms with Crippen LogP contribution in [0.3, 0.4) is 0 Å². The molecule has 0 spiro atoms. The average molecular weight is 197 g/mol. The highest BCUT2D eigenvalue weighted by atomic mass is 16.1. The third-order valence-electron chi connectivity index (χ3n) is 2.94. The van der Waals surface area contributed by atoms with Crippen LogP contribution in [0.5, 0.6) is 0 Å². The third-order valence-corrected chi connectivity index (χ3v) is 2.94. The van der Waals surface area contributed by atoms with Crippen LogP contribution in [0.4, 0.5) is 0 Å². The Labute approximate surface area is 87.1 Å². The van der Waals surface area contributed by atoms with Gasteiger partial charge in [0.1, 0.15) is 5.78 Å². The van der Waals surface area contributed by atoms with Gasteiger partial charge in [0.05, 0.1) is 5.41 Å². The number of hydrogen-bond acceptors (Lipinski definition) is 2. The van der Waals surface area contributed by atoms with Gasteiger partial charge in [-0.2, -0.15) is 0 Å². The predicted octanol–water partition coefficient (Wildman–Crippen LogP) is 3.05. The van der Waals surface area contributed by atoms with Crippen molar-refractivity contribution in [3.63, 3.8) is 0 Å². The monoisotopic (exact) mass is 197 g/mol. The molecular formula is C12H21O2. The first kappa shape index (κ1) is 13.3. The van der Waals surface area contributed by atoms with E-state index < -0.39 is 5.41 Å². The van der Waals surface area contributed by atoms with Crippen LogP contribution in [0, 0.1) is 5.41 Å². The molecule has 0 atom stereocenters. The molecule has 14 heavy (non-hydrogen) atoms. The van der Waals surface area contributed by atoms with Gasteiger partial charge in [-0.15, -0.1) is 0 Å². The van der Waals surface area contributed by atoms with Gasteiger partial charge in [0, 0.05) is 6.42 Å². The molecule has 1 radical (unpaired) electrons.